The first kappa shape index (κ1) is 15.3. The maximum Gasteiger partial charge on any atom is 0.270 e. The summed E-state index contributed by atoms with van der Waals surface area (Å²) in [7, 11) is 0. The molecule has 0 atom stereocenters. The van der Waals surface area contributed by atoms with Gasteiger partial charge in [-0.15, -0.1) is 0 Å². The number of piperidine rings is 1. The van der Waals surface area contributed by atoms with Gasteiger partial charge in [0, 0.05) is 36.8 Å². The van der Waals surface area contributed by atoms with Gasteiger partial charge >= 0.3 is 0 Å². The van der Waals surface area contributed by atoms with Crippen molar-refractivity contribution < 1.29 is 9.21 Å². The quantitative estimate of drug-likeness (QED) is 0.699. The number of furan rings is 1. The van der Waals surface area contributed by atoms with Gasteiger partial charge < -0.3 is 13.9 Å². The number of halogens is 1. The van der Waals surface area contributed by atoms with E-state index in [1.165, 1.54) is 6.42 Å². The molecule has 1 aliphatic heterocycles. The molecule has 2 aromatic heterocycles. The van der Waals surface area contributed by atoms with Crippen LogP contribution in [0.15, 0.2) is 47.1 Å². The third-order valence-corrected chi connectivity index (χ3v) is 4.85. The molecule has 24 heavy (non-hydrogen) atoms. The SMILES string of the molecule is O=C(c1cc2occc2n1Cc1cccc(Cl)c1)N1CCCCC1. The fourth-order valence-corrected chi connectivity index (χ4v) is 3.61. The molecule has 0 spiro atoms. The Hall–Kier alpha value is -2.20. The minimum atomic E-state index is 0.0862. The van der Waals surface area contributed by atoms with Crippen LogP contribution in [-0.2, 0) is 6.54 Å². The molecule has 124 valence electrons. The van der Waals surface area contributed by atoms with Gasteiger partial charge in [-0.05, 0) is 37.0 Å². The molecule has 1 amide bonds. The van der Waals surface area contributed by atoms with Gasteiger partial charge in [-0.1, -0.05) is 23.7 Å². The van der Waals surface area contributed by atoms with E-state index in [0.29, 0.717) is 17.3 Å². The van der Waals surface area contributed by atoms with E-state index in [2.05, 4.69) is 0 Å². The fraction of sp³-hybridized carbons (Fsp3) is 0.316. The van der Waals surface area contributed by atoms with Gasteiger partial charge in [0.15, 0.2) is 5.58 Å². The van der Waals surface area contributed by atoms with Crippen LogP contribution in [0, 0.1) is 0 Å². The Labute approximate surface area is 145 Å². The summed E-state index contributed by atoms with van der Waals surface area (Å²) in [5.74, 6) is 0.0862. The molecule has 3 heterocycles. The highest BCUT2D eigenvalue weighted by atomic mass is 35.5. The van der Waals surface area contributed by atoms with Crippen molar-refractivity contribution in [3.05, 3.63) is 58.9 Å². The lowest BCUT2D eigenvalue weighted by Crippen LogP contribution is -2.36. The summed E-state index contributed by atoms with van der Waals surface area (Å²) in [4.78, 5) is 14.9. The Morgan fingerprint density at radius 3 is 2.75 bits per heavy atom. The van der Waals surface area contributed by atoms with Crippen LogP contribution in [0.2, 0.25) is 5.02 Å². The molecule has 1 saturated heterocycles. The molecule has 1 aromatic carbocycles. The number of amides is 1. The maximum absolute atomic E-state index is 13.0. The van der Waals surface area contributed by atoms with Crippen LogP contribution in [0.4, 0.5) is 0 Å². The van der Waals surface area contributed by atoms with E-state index in [1.807, 2.05) is 45.9 Å². The van der Waals surface area contributed by atoms with E-state index < -0.39 is 0 Å². The van der Waals surface area contributed by atoms with Gasteiger partial charge in [-0.3, -0.25) is 4.79 Å². The Kier molecular flexibility index (Phi) is 4.07. The molecule has 0 radical (unpaired) electrons. The minimum Gasteiger partial charge on any atom is -0.463 e. The lowest BCUT2D eigenvalue weighted by atomic mass is 10.1. The van der Waals surface area contributed by atoms with Gasteiger partial charge in [-0.25, -0.2) is 0 Å². The van der Waals surface area contributed by atoms with Gasteiger partial charge in [0.1, 0.15) is 5.69 Å². The number of aromatic nitrogens is 1. The maximum atomic E-state index is 13.0. The Balaban J connectivity index is 1.72. The summed E-state index contributed by atoms with van der Waals surface area (Å²) in [5.41, 5.74) is 3.44. The molecule has 1 fully saturated rings. The number of rotatable bonds is 3. The highest BCUT2D eigenvalue weighted by Gasteiger charge is 2.23. The zero-order valence-corrected chi connectivity index (χ0v) is 14.1. The summed E-state index contributed by atoms with van der Waals surface area (Å²) in [6.45, 7) is 2.27. The first-order valence-corrected chi connectivity index (χ1v) is 8.70. The standard InChI is InChI=1S/C19H19ClN2O2/c20-15-6-4-5-14(11-15)13-22-16-7-10-24-18(16)12-17(22)19(23)21-8-2-1-3-9-21/h4-7,10-12H,1-3,8-9,13H2. The number of likely N-dealkylation sites (tertiary alicyclic amines) is 1. The number of carbonyl (C=O) groups excluding carboxylic acids is 1. The lowest BCUT2D eigenvalue weighted by Gasteiger charge is -2.27. The van der Waals surface area contributed by atoms with E-state index in [0.717, 1.165) is 42.6 Å². The van der Waals surface area contributed by atoms with Crippen molar-refractivity contribution in [2.45, 2.75) is 25.8 Å². The summed E-state index contributed by atoms with van der Waals surface area (Å²) in [6.07, 6.45) is 5.03. The smallest absolute Gasteiger partial charge is 0.270 e. The molecule has 0 bridgehead atoms. The third-order valence-electron chi connectivity index (χ3n) is 4.61. The van der Waals surface area contributed by atoms with Crippen LogP contribution in [0.3, 0.4) is 0 Å². The van der Waals surface area contributed by atoms with Crippen LogP contribution >= 0.6 is 11.6 Å². The van der Waals surface area contributed by atoms with E-state index in [9.17, 15) is 4.79 Å². The molecular weight excluding hydrogens is 324 g/mol. The van der Waals surface area contributed by atoms with Crippen molar-refractivity contribution in [1.82, 2.24) is 9.47 Å². The van der Waals surface area contributed by atoms with E-state index in [1.54, 1.807) is 6.26 Å². The molecular formula is C19H19ClN2O2. The molecule has 0 unspecified atom stereocenters. The van der Waals surface area contributed by atoms with Crippen molar-refractivity contribution in [2.24, 2.45) is 0 Å². The molecule has 4 rings (SSSR count). The average molecular weight is 343 g/mol. The normalized spacial score (nSPS) is 15.1. The average Bonchev–Trinajstić information content (AvgIpc) is 3.18. The lowest BCUT2D eigenvalue weighted by molar-refractivity contribution is 0.0714. The number of carbonyl (C=O) groups is 1. The zero-order valence-electron chi connectivity index (χ0n) is 13.4. The monoisotopic (exact) mass is 342 g/mol. The Bertz CT molecular complexity index is 875. The first-order valence-electron chi connectivity index (χ1n) is 8.33. The van der Waals surface area contributed by atoms with Gasteiger partial charge in [0.2, 0.25) is 0 Å². The highest BCUT2D eigenvalue weighted by molar-refractivity contribution is 6.30. The van der Waals surface area contributed by atoms with Crippen LogP contribution in [-0.4, -0.2) is 28.5 Å². The Morgan fingerprint density at radius 2 is 1.96 bits per heavy atom. The second kappa shape index (κ2) is 6.36. The molecule has 0 aliphatic carbocycles. The van der Waals surface area contributed by atoms with E-state index in [-0.39, 0.29) is 5.91 Å². The molecule has 0 saturated carbocycles. The van der Waals surface area contributed by atoms with Crippen molar-refractivity contribution in [3.8, 4) is 0 Å². The number of hydrogen-bond acceptors (Lipinski definition) is 2. The predicted molar refractivity (Wildman–Crippen MR) is 94.5 cm³/mol. The van der Waals surface area contributed by atoms with Crippen LogP contribution in [0.1, 0.15) is 35.3 Å². The van der Waals surface area contributed by atoms with Crippen LogP contribution < -0.4 is 0 Å². The first-order chi connectivity index (χ1) is 11.7. The van der Waals surface area contributed by atoms with Crippen molar-refractivity contribution in [1.29, 1.82) is 0 Å². The second-order valence-corrected chi connectivity index (χ2v) is 6.71. The highest BCUT2D eigenvalue weighted by Crippen LogP contribution is 2.25. The van der Waals surface area contributed by atoms with Crippen molar-refractivity contribution in [3.63, 3.8) is 0 Å². The van der Waals surface area contributed by atoms with Crippen molar-refractivity contribution >= 4 is 28.6 Å². The minimum absolute atomic E-state index is 0.0862. The molecule has 4 nitrogen and oxygen atoms in total. The van der Waals surface area contributed by atoms with Gasteiger partial charge in [0.25, 0.3) is 5.91 Å². The fourth-order valence-electron chi connectivity index (χ4n) is 3.40. The zero-order chi connectivity index (χ0) is 16.5. The van der Waals surface area contributed by atoms with E-state index >= 15 is 0 Å². The number of fused-ring (bicyclic) bond motifs is 1. The summed E-state index contributed by atoms with van der Waals surface area (Å²) >= 11 is 6.10. The van der Waals surface area contributed by atoms with E-state index in [4.69, 9.17) is 16.0 Å². The van der Waals surface area contributed by atoms with Crippen LogP contribution in [0.25, 0.3) is 11.1 Å². The number of nitrogens with zero attached hydrogens (tertiary/aromatic N) is 2. The molecule has 0 N–H and O–H groups in total. The topological polar surface area (TPSA) is 38.4 Å². The summed E-state index contributed by atoms with van der Waals surface area (Å²) in [6, 6.07) is 11.5. The third kappa shape index (κ3) is 2.82. The largest absolute Gasteiger partial charge is 0.463 e. The Morgan fingerprint density at radius 1 is 1.12 bits per heavy atom. The van der Waals surface area contributed by atoms with Crippen LogP contribution in [0.5, 0.6) is 0 Å². The molecule has 3 aromatic rings. The van der Waals surface area contributed by atoms with Gasteiger partial charge in [0.05, 0.1) is 11.8 Å². The number of benzene rings is 1. The summed E-state index contributed by atoms with van der Waals surface area (Å²) < 4.78 is 7.55. The summed E-state index contributed by atoms with van der Waals surface area (Å²) in [5, 5.41) is 0.701. The molecule has 5 heteroatoms. The second-order valence-electron chi connectivity index (χ2n) is 6.27. The van der Waals surface area contributed by atoms with Gasteiger partial charge in [-0.2, -0.15) is 0 Å². The molecule has 1 aliphatic rings. The number of hydrogen-bond donors (Lipinski definition) is 0. The predicted octanol–water partition coefficient (Wildman–Crippen LogP) is 4.56. The van der Waals surface area contributed by atoms with Crippen molar-refractivity contribution in [2.75, 3.05) is 13.1 Å².